The van der Waals surface area contributed by atoms with Gasteiger partial charge in [-0.1, -0.05) is 61.5 Å². The van der Waals surface area contributed by atoms with Crippen molar-refractivity contribution in [3.63, 3.8) is 0 Å². The number of benzene rings is 1. The Balaban J connectivity index is 0.000000877. The molecule has 0 unspecified atom stereocenters. The third kappa shape index (κ3) is 14.0. The molecule has 1 heterocycles. The van der Waals surface area contributed by atoms with Crippen LogP contribution in [0.25, 0.3) is 0 Å². The molecule has 3 nitrogen and oxygen atoms in total. The monoisotopic (exact) mass is 540 g/mol. The zero-order valence-electron chi connectivity index (χ0n) is 19.7. The van der Waals surface area contributed by atoms with Crippen LogP contribution in [0.5, 0.6) is 11.5 Å². The van der Waals surface area contributed by atoms with Gasteiger partial charge in [0.05, 0.1) is 16.3 Å². The van der Waals surface area contributed by atoms with Crippen LogP contribution in [-0.2, 0) is 17.9 Å². The molecule has 8 heteroatoms. The van der Waals surface area contributed by atoms with Gasteiger partial charge in [0.2, 0.25) is 0 Å². The van der Waals surface area contributed by atoms with E-state index in [2.05, 4.69) is 61.5 Å². The van der Waals surface area contributed by atoms with Crippen molar-refractivity contribution >= 4 is 36.5 Å². The van der Waals surface area contributed by atoms with E-state index in [1.54, 1.807) is 0 Å². The van der Waals surface area contributed by atoms with E-state index in [-0.39, 0.29) is 13.1 Å². The third-order valence-electron chi connectivity index (χ3n) is 4.09. The Morgan fingerprint density at radius 3 is 1.33 bits per heavy atom. The molecule has 0 bridgehead atoms. The SMILES string of the molecule is C1CCOC1.CC(C)P(Oc1cccc(OP(C(C)C)C(C)C)c1)C(C)C.[Cl][Fe][Cl]. The van der Waals surface area contributed by atoms with Crippen molar-refractivity contribution < 1.29 is 26.9 Å². The van der Waals surface area contributed by atoms with Crippen molar-refractivity contribution in [3.8, 4) is 11.5 Å². The Hall–Kier alpha value is 0.739. The first-order valence-electron chi connectivity index (χ1n) is 10.6. The van der Waals surface area contributed by atoms with Crippen LogP contribution in [0, 0.1) is 0 Å². The van der Waals surface area contributed by atoms with Crippen molar-refractivity contribution in [3.05, 3.63) is 24.3 Å². The van der Waals surface area contributed by atoms with E-state index in [1.807, 2.05) is 18.2 Å². The average Bonchev–Trinajstić information content (AvgIpc) is 3.24. The second-order valence-electron chi connectivity index (χ2n) is 8.12. The second-order valence-corrected chi connectivity index (χ2v) is 15.9. The first kappa shape index (κ1) is 30.7. The van der Waals surface area contributed by atoms with Gasteiger partial charge >= 0.3 is 33.3 Å². The van der Waals surface area contributed by atoms with E-state index in [1.165, 1.54) is 12.8 Å². The zero-order chi connectivity index (χ0) is 23.1. The molecule has 0 atom stereocenters. The van der Waals surface area contributed by atoms with Crippen LogP contribution in [0.15, 0.2) is 24.3 Å². The van der Waals surface area contributed by atoms with Gasteiger partial charge in [0, 0.05) is 41.9 Å². The fourth-order valence-electron chi connectivity index (χ4n) is 2.96. The quantitative estimate of drug-likeness (QED) is 0.243. The van der Waals surface area contributed by atoms with Crippen LogP contribution in [0.2, 0.25) is 0 Å². The number of hydrogen-bond donors (Lipinski definition) is 0. The van der Waals surface area contributed by atoms with Gasteiger partial charge in [-0.2, -0.15) is 0 Å². The molecule has 1 aliphatic heterocycles. The molecule has 1 aliphatic rings. The average molecular weight is 541 g/mol. The van der Waals surface area contributed by atoms with E-state index in [0.717, 1.165) is 24.7 Å². The summed E-state index contributed by atoms with van der Waals surface area (Å²) in [6, 6.07) is 8.17. The van der Waals surface area contributed by atoms with Gasteiger partial charge in [-0.3, -0.25) is 0 Å². The minimum atomic E-state index is -0.463. The summed E-state index contributed by atoms with van der Waals surface area (Å²) >= 11 is 0.194. The maximum atomic E-state index is 6.27. The van der Waals surface area contributed by atoms with E-state index >= 15 is 0 Å². The predicted molar refractivity (Wildman–Crippen MR) is 134 cm³/mol. The van der Waals surface area contributed by atoms with Crippen LogP contribution in [0.3, 0.4) is 0 Å². The van der Waals surface area contributed by atoms with Gasteiger partial charge in [0.15, 0.2) is 0 Å². The molecule has 1 aromatic carbocycles. The van der Waals surface area contributed by atoms with Crippen LogP contribution in [0.4, 0.5) is 0 Å². The van der Waals surface area contributed by atoms with Crippen molar-refractivity contribution in [2.24, 2.45) is 0 Å². The van der Waals surface area contributed by atoms with E-state index in [4.69, 9.17) is 34.0 Å². The van der Waals surface area contributed by atoms with Gasteiger partial charge in [-0.05, 0) is 25.0 Å². The number of hydrogen-bond acceptors (Lipinski definition) is 3. The summed E-state index contributed by atoms with van der Waals surface area (Å²) in [5.74, 6) is 1.88. The molecule has 0 N–H and O–H groups in total. The standard InChI is InChI=1S/C18H32O2P2.C4H8O.2ClH.Fe/c1-13(2)21(14(3)4)19-17-10-9-11-18(12-17)20-22(15(5)6)16(7)8;1-2-4-5-3-1;;;/h9-16H,1-8H3;1-4H2;2*1H;/q;;;;+2/p-2. The summed E-state index contributed by atoms with van der Waals surface area (Å²) < 4.78 is 17.5. The Labute approximate surface area is 202 Å². The molecule has 0 saturated carbocycles. The molecule has 0 radical (unpaired) electrons. The molecule has 0 spiro atoms. The first-order valence-corrected chi connectivity index (χ1v) is 16.4. The van der Waals surface area contributed by atoms with Crippen LogP contribution < -0.4 is 9.05 Å². The molecule has 2 rings (SSSR count). The molecular formula is C22H40Cl2FeO3P2. The molecule has 0 amide bonds. The summed E-state index contributed by atoms with van der Waals surface area (Å²) in [5.41, 5.74) is 2.23. The van der Waals surface area contributed by atoms with Crippen molar-refractivity contribution in [1.29, 1.82) is 0 Å². The van der Waals surface area contributed by atoms with E-state index in [9.17, 15) is 0 Å². The first-order chi connectivity index (χ1) is 14.1. The van der Waals surface area contributed by atoms with Gasteiger partial charge in [-0.15, -0.1) is 0 Å². The molecule has 1 aromatic rings. The second kappa shape index (κ2) is 18.2. The Morgan fingerprint density at radius 1 is 0.767 bits per heavy atom. The van der Waals surface area contributed by atoms with Crippen molar-refractivity contribution in [1.82, 2.24) is 0 Å². The molecule has 30 heavy (non-hydrogen) atoms. The fraction of sp³-hybridized carbons (Fsp3) is 0.727. The molecule has 0 aliphatic carbocycles. The minimum absolute atomic E-state index is 0.194. The van der Waals surface area contributed by atoms with Gasteiger partial charge in [0.1, 0.15) is 11.5 Å². The molecule has 1 saturated heterocycles. The van der Waals surface area contributed by atoms with Crippen molar-refractivity contribution in [2.75, 3.05) is 13.2 Å². The molecule has 178 valence electrons. The third-order valence-corrected chi connectivity index (χ3v) is 9.01. The summed E-state index contributed by atoms with van der Waals surface area (Å²) in [6.07, 6.45) is 2.56. The van der Waals surface area contributed by atoms with Crippen LogP contribution >= 0.6 is 36.5 Å². The van der Waals surface area contributed by atoms with Crippen LogP contribution in [-0.4, -0.2) is 35.8 Å². The topological polar surface area (TPSA) is 27.7 Å². The Morgan fingerprint density at radius 2 is 1.10 bits per heavy atom. The Bertz CT molecular complexity index is 484. The van der Waals surface area contributed by atoms with E-state index < -0.39 is 16.3 Å². The summed E-state index contributed by atoms with van der Waals surface area (Å²) in [6.45, 7) is 19.9. The van der Waals surface area contributed by atoms with Crippen molar-refractivity contribution in [2.45, 2.75) is 90.9 Å². The van der Waals surface area contributed by atoms with Crippen LogP contribution in [0.1, 0.15) is 68.2 Å². The zero-order valence-corrected chi connectivity index (χ0v) is 24.1. The van der Waals surface area contributed by atoms with Gasteiger partial charge in [0.25, 0.3) is 0 Å². The molecule has 1 fully saturated rings. The summed E-state index contributed by atoms with van der Waals surface area (Å²) in [5, 5.41) is 0. The maximum absolute atomic E-state index is 6.27. The predicted octanol–water partition coefficient (Wildman–Crippen LogP) is 9.04. The fourth-order valence-corrected chi connectivity index (χ4v) is 6.90. The normalized spacial score (nSPS) is 13.7. The van der Waals surface area contributed by atoms with Gasteiger partial charge in [-0.25, -0.2) is 0 Å². The van der Waals surface area contributed by atoms with E-state index in [0.29, 0.717) is 22.6 Å². The van der Waals surface area contributed by atoms with Gasteiger partial charge < -0.3 is 13.8 Å². The summed E-state index contributed by atoms with van der Waals surface area (Å²) in [4.78, 5) is 0. The molecular weight excluding hydrogens is 501 g/mol. The Kier molecular flexibility index (Phi) is 18.6. The summed E-state index contributed by atoms with van der Waals surface area (Å²) in [7, 11) is 8.60. The number of rotatable bonds is 8. The molecule has 0 aromatic heterocycles. The number of ether oxygens (including phenoxy) is 1. The number of halogens is 2.